The van der Waals surface area contributed by atoms with E-state index in [1.165, 1.54) is 12.6 Å². The lowest BCUT2D eigenvalue weighted by atomic mass is 9.97. The third kappa shape index (κ3) is 4.82. The van der Waals surface area contributed by atoms with Gasteiger partial charge in [-0.15, -0.1) is 0 Å². The summed E-state index contributed by atoms with van der Waals surface area (Å²) in [5, 5.41) is 10.5. The Bertz CT molecular complexity index is 1190. The summed E-state index contributed by atoms with van der Waals surface area (Å²) in [6.07, 6.45) is 1.83. The zero-order valence-corrected chi connectivity index (χ0v) is 19.0. The quantitative estimate of drug-likeness (QED) is 0.177. The van der Waals surface area contributed by atoms with Gasteiger partial charge in [-0.2, -0.15) is 0 Å². The maximum atomic E-state index is 13.0. The third-order valence-corrected chi connectivity index (χ3v) is 5.59. The summed E-state index contributed by atoms with van der Waals surface area (Å²) in [6.45, 7) is 2.59. The van der Waals surface area contributed by atoms with Crippen molar-refractivity contribution >= 4 is 17.3 Å². The van der Waals surface area contributed by atoms with Crippen molar-refractivity contribution in [1.82, 2.24) is 0 Å². The molecule has 5 nitrogen and oxygen atoms in total. The van der Waals surface area contributed by atoms with Crippen LogP contribution in [0.2, 0.25) is 0 Å². The van der Waals surface area contributed by atoms with Gasteiger partial charge in [0.15, 0.2) is 7.05 Å². The fourth-order valence-corrected chi connectivity index (χ4v) is 4.17. The van der Waals surface area contributed by atoms with Crippen molar-refractivity contribution in [1.29, 1.82) is 0 Å². The lowest BCUT2D eigenvalue weighted by molar-refractivity contribution is -0.753. The van der Waals surface area contributed by atoms with Crippen LogP contribution < -0.4 is 4.74 Å². The molecule has 0 saturated heterocycles. The minimum Gasteiger partial charge on any atom is -0.494 e. The molecule has 33 heavy (non-hydrogen) atoms. The Labute approximate surface area is 194 Å². The molecule has 0 atom stereocenters. The smallest absolute Gasteiger partial charge is 0.345 e. The topological polar surface area (TPSA) is 58.8 Å². The molecule has 0 saturated carbocycles. The van der Waals surface area contributed by atoms with Crippen molar-refractivity contribution < 1.29 is 24.2 Å². The molecule has 1 N–H and O–H groups in total. The maximum Gasteiger partial charge on any atom is 0.345 e. The number of nitrogens with zero attached hydrogens (tertiary/aromatic N) is 1. The highest BCUT2D eigenvalue weighted by Crippen LogP contribution is 2.39. The summed E-state index contributed by atoms with van der Waals surface area (Å²) in [7, 11) is 1.51. The van der Waals surface area contributed by atoms with E-state index in [4.69, 9.17) is 9.47 Å². The second-order valence-electron chi connectivity index (χ2n) is 7.85. The summed E-state index contributed by atoms with van der Waals surface area (Å²) >= 11 is 0. The van der Waals surface area contributed by atoms with Crippen LogP contribution in [0.4, 0.5) is 0 Å². The second kappa shape index (κ2) is 10.2. The summed E-state index contributed by atoms with van der Waals surface area (Å²) in [5.41, 5.74) is 5.27. The first kappa shape index (κ1) is 22.3. The molecule has 0 spiro atoms. The van der Waals surface area contributed by atoms with Gasteiger partial charge in [0, 0.05) is 5.57 Å². The van der Waals surface area contributed by atoms with Crippen molar-refractivity contribution in [2.24, 2.45) is 0 Å². The van der Waals surface area contributed by atoms with Crippen LogP contribution >= 0.6 is 0 Å². The zero-order valence-electron chi connectivity index (χ0n) is 19.0. The molecule has 3 aromatic rings. The van der Waals surface area contributed by atoms with Crippen molar-refractivity contribution in [2.75, 3.05) is 20.3 Å². The van der Waals surface area contributed by atoms with Crippen molar-refractivity contribution in [3.05, 3.63) is 107 Å². The number of ether oxygens (including phenoxy) is 2. The van der Waals surface area contributed by atoms with Crippen molar-refractivity contribution in [2.45, 2.75) is 19.8 Å². The van der Waals surface area contributed by atoms with E-state index >= 15 is 0 Å². The fourth-order valence-electron chi connectivity index (χ4n) is 4.17. The van der Waals surface area contributed by atoms with Crippen LogP contribution in [0, 0.1) is 0 Å². The molecule has 0 amide bonds. The standard InChI is InChI=1S/C28H28NO4/c1-3-32-28(30)26-25(21-14-8-5-9-15-21)23-17-16-22(19-24(23)27(26)29(2)31)33-18-10-13-20-11-6-4-7-12-20/h4-9,11-12,14-17,19,31H,3,10,13,18H2,1-2H3/q+1. The molecule has 5 heteroatoms. The largest absolute Gasteiger partial charge is 0.494 e. The van der Waals surface area contributed by atoms with Gasteiger partial charge in [0.05, 0.1) is 18.8 Å². The van der Waals surface area contributed by atoms with Gasteiger partial charge < -0.3 is 9.47 Å². The van der Waals surface area contributed by atoms with Crippen LogP contribution in [-0.4, -0.2) is 41.9 Å². The Kier molecular flexibility index (Phi) is 6.89. The lowest BCUT2D eigenvalue weighted by Gasteiger charge is -2.09. The van der Waals surface area contributed by atoms with E-state index in [0.29, 0.717) is 23.6 Å². The van der Waals surface area contributed by atoms with Crippen LogP contribution in [0.25, 0.3) is 5.57 Å². The van der Waals surface area contributed by atoms with Crippen molar-refractivity contribution in [3.8, 4) is 5.75 Å². The number of hydrogen-bond acceptors (Lipinski definition) is 4. The average Bonchev–Trinajstić information content (AvgIpc) is 3.18. The van der Waals surface area contributed by atoms with Crippen LogP contribution in [0.1, 0.15) is 35.6 Å². The Hall–Kier alpha value is -3.86. The van der Waals surface area contributed by atoms with Crippen LogP contribution in [0.5, 0.6) is 5.75 Å². The van der Waals surface area contributed by atoms with E-state index in [1.807, 2.05) is 66.7 Å². The molecular weight excluding hydrogens is 414 g/mol. The number of carbonyl (C=O) groups excluding carboxylic acids is 1. The number of hydrogen-bond donors (Lipinski definition) is 1. The van der Waals surface area contributed by atoms with Gasteiger partial charge in [0.25, 0.3) is 5.71 Å². The van der Waals surface area contributed by atoms with E-state index in [1.54, 1.807) is 6.92 Å². The molecule has 3 aromatic carbocycles. The number of carbonyl (C=O) groups is 1. The minimum atomic E-state index is -0.464. The first-order valence-electron chi connectivity index (χ1n) is 11.2. The Morgan fingerprint density at radius 3 is 2.30 bits per heavy atom. The summed E-state index contributed by atoms with van der Waals surface area (Å²) in [4.78, 5) is 13.0. The number of aryl methyl sites for hydroxylation is 1. The summed E-state index contributed by atoms with van der Waals surface area (Å²) < 4.78 is 12.4. The van der Waals surface area contributed by atoms with E-state index in [-0.39, 0.29) is 6.61 Å². The Morgan fingerprint density at radius 1 is 0.939 bits per heavy atom. The first-order chi connectivity index (χ1) is 16.1. The molecular formula is C28H28NO4+. The van der Waals surface area contributed by atoms with Gasteiger partial charge in [-0.1, -0.05) is 60.7 Å². The van der Waals surface area contributed by atoms with Gasteiger partial charge in [-0.05, 0) is 59.4 Å². The van der Waals surface area contributed by atoms with E-state index in [0.717, 1.165) is 39.8 Å². The lowest BCUT2D eigenvalue weighted by Crippen LogP contribution is -2.22. The van der Waals surface area contributed by atoms with E-state index in [2.05, 4.69) is 12.1 Å². The molecule has 1 aliphatic rings. The Morgan fingerprint density at radius 2 is 1.64 bits per heavy atom. The first-order valence-corrected chi connectivity index (χ1v) is 11.2. The van der Waals surface area contributed by atoms with Gasteiger partial charge in [0.2, 0.25) is 0 Å². The predicted octanol–water partition coefficient (Wildman–Crippen LogP) is 4.90. The SMILES string of the molecule is CCOC(=O)C1=C(c2ccccc2)c2ccc(OCCCc3ccccc3)cc2C1=[N+](C)O. The second-order valence-corrected chi connectivity index (χ2v) is 7.85. The van der Waals surface area contributed by atoms with Gasteiger partial charge in [-0.25, -0.2) is 4.79 Å². The fraction of sp³-hybridized carbons (Fsp3) is 0.214. The molecule has 1 aliphatic carbocycles. The summed E-state index contributed by atoms with van der Waals surface area (Å²) in [6, 6.07) is 25.7. The molecule has 0 fully saturated rings. The van der Waals surface area contributed by atoms with E-state index in [9.17, 15) is 10.0 Å². The highest BCUT2D eigenvalue weighted by Gasteiger charge is 2.40. The molecule has 0 radical (unpaired) electrons. The molecule has 0 unspecified atom stereocenters. The monoisotopic (exact) mass is 442 g/mol. The normalized spacial score (nSPS) is 14.1. The third-order valence-electron chi connectivity index (χ3n) is 5.59. The molecule has 0 bridgehead atoms. The maximum absolute atomic E-state index is 13.0. The van der Waals surface area contributed by atoms with E-state index < -0.39 is 5.97 Å². The predicted molar refractivity (Wildman–Crippen MR) is 128 cm³/mol. The number of benzene rings is 3. The number of fused-ring (bicyclic) bond motifs is 1. The molecule has 0 aromatic heterocycles. The van der Waals surface area contributed by atoms with Crippen molar-refractivity contribution in [3.63, 3.8) is 0 Å². The van der Waals surface area contributed by atoms with Crippen LogP contribution in [-0.2, 0) is 16.0 Å². The summed E-state index contributed by atoms with van der Waals surface area (Å²) in [5.74, 6) is 0.229. The molecule has 0 aliphatic heterocycles. The highest BCUT2D eigenvalue weighted by atomic mass is 16.5. The van der Waals surface area contributed by atoms with Gasteiger partial charge in [0.1, 0.15) is 11.3 Å². The Balaban J connectivity index is 1.64. The molecule has 168 valence electrons. The minimum absolute atomic E-state index is 0.249. The molecule has 4 rings (SSSR count). The highest BCUT2D eigenvalue weighted by molar-refractivity contribution is 6.35. The van der Waals surface area contributed by atoms with Crippen LogP contribution in [0.15, 0.2) is 84.4 Å². The van der Waals surface area contributed by atoms with Gasteiger partial charge >= 0.3 is 5.97 Å². The van der Waals surface area contributed by atoms with Crippen LogP contribution in [0.3, 0.4) is 0 Å². The zero-order chi connectivity index (χ0) is 23.2. The van der Waals surface area contributed by atoms with Gasteiger partial charge in [-0.3, -0.25) is 5.21 Å². The number of esters is 1. The number of hydroxylamine groups is 1. The molecule has 0 heterocycles. The number of rotatable bonds is 8. The average molecular weight is 443 g/mol.